The van der Waals surface area contributed by atoms with Gasteiger partial charge < -0.3 is 9.13 Å². The summed E-state index contributed by atoms with van der Waals surface area (Å²) in [5.41, 5.74) is 5.47. The molecule has 2 aromatic carbocycles. The molecule has 0 radical (unpaired) electrons. The van der Waals surface area contributed by atoms with Gasteiger partial charge in [0, 0.05) is 33.5 Å². The third-order valence-electron chi connectivity index (χ3n) is 5.27. The first-order valence-corrected chi connectivity index (χ1v) is 10.6. The van der Waals surface area contributed by atoms with Crippen LogP contribution in [0.5, 0.6) is 0 Å². The summed E-state index contributed by atoms with van der Waals surface area (Å²) < 4.78 is 3.75. The maximum absolute atomic E-state index is 11.2. The Hall–Kier alpha value is -3.96. The molecule has 150 valence electrons. The largest absolute Gasteiger partial charge is 0.314 e. The Kier molecular flexibility index (Phi) is 4.94. The van der Waals surface area contributed by atoms with E-state index >= 15 is 0 Å². The molecular weight excluding hydrogens is 404 g/mol. The van der Waals surface area contributed by atoms with Crippen LogP contribution in [0.4, 0.5) is 0 Å². The van der Waals surface area contributed by atoms with Crippen LogP contribution in [0.1, 0.15) is 21.0 Å². The number of aromatic nitrogens is 2. The maximum Gasteiger partial charge on any atom is 0.166 e. The second-order valence-corrected chi connectivity index (χ2v) is 8.18. The van der Waals surface area contributed by atoms with Gasteiger partial charge >= 0.3 is 0 Å². The van der Waals surface area contributed by atoms with Gasteiger partial charge in [-0.3, -0.25) is 9.59 Å². The molecule has 0 aliphatic rings. The van der Waals surface area contributed by atoms with E-state index in [1.54, 1.807) is 23.5 Å². The van der Waals surface area contributed by atoms with E-state index in [9.17, 15) is 9.59 Å². The Labute approximate surface area is 183 Å². The third kappa shape index (κ3) is 3.56. The van der Waals surface area contributed by atoms with Crippen LogP contribution < -0.4 is 0 Å². The van der Waals surface area contributed by atoms with Gasteiger partial charge in [-0.15, -0.1) is 11.3 Å². The number of thiophene rings is 1. The number of carbonyl (C=O) groups is 2. The second kappa shape index (κ2) is 8.05. The quantitative estimate of drug-likeness (QED) is 0.302. The molecule has 3 aromatic heterocycles. The molecule has 0 saturated carbocycles. The molecule has 0 aliphatic heterocycles. The van der Waals surface area contributed by atoms with Crippen molar-refractivity contribution in [2.75, 3.05) is 0 Å². The Balaban J connectivity index is 1.39. The maximum atomic E-state index is 11.2. The van der Waals surface area contributed by atoms with Gasteiger partial charge in [-0.1, -0.05) is 24.3 Å². The number of hydrogen-bond donors (Lipinski definition) is 0. The molecular formula is C26H18N2O2S. The minimum absolute atomic E-state index is 0.634. The van der Waals surface area contributed by atoms with Crippen molar-refractivity contribution < 1.29 is 9.59 Å². The molecule has 5 aromatic rings. The van der Waals surface area contributed by atoms with Crippen LogP contribution in [0, 0.1) is 0 Å². The highest BCUT2D eigenvalue weighted by atomic mass is 32.1. The molecule has 31 heavy (non-hydrogen) atoms. The topological polar surface area (TPSA) is 44.0 Å². The minimum Gasteiger partial charge on any atom is -0.314 e. The van der Waals surface area contributed by atoms with Crippen LogP contribution in [0.2, 0.25) is 0 Å². The lowest BCUT2D eigenvalue weighted by atomic mass is 10.1. The van der Waals surface area contributed by atoms with E-state index in [4.69, 9.17) is 0 Å². The molecule has 0 atom stereocenters. The predicted molar refractivity (Wildman–Crippen MR) is 125 cm³/mol. The first-order chi connectivity index (χ1) is 15.3. The fourth-order valence-corrected chi connectivity index (χ4v) is 4.69. The number of benzene rings is 2. The van der Waals surface area contributed by atoms with Crippen LogP contribution in [-0.4, -0.2) is 21.7 Å². The fourth-order valence-electron chi connectivity index (χ4n) is 3.67. The Bertz CT molecular complexity index is 1250. The van der Waals surface area contributed by atoms with Crippen molar-refractivity contribution in [3.05, 3.63) is 109 Å². The SMILES string of the molecule is O=Cc1cccn1-c1ccc(-c2ccc(-c3ccc(-n4cccc4C=O)cc3)s2)cc1. The number of carbonyl (C=O) groups excluding carboxylic acids is 2. The van der Waals surface area contributed by atoms with E-state index in [1.165, 1.54) is 9.75 Å². The van der Waals surface area contributed by atoms with Crippen molar-refractivity contribution in [3.63, 3.8) is 0 Å². The fraction of sp³-hybridized carbons (Fsp3) is 0. The molecule has 0 aliphatic carbocycles. The van der Waals surface area contributed by atoms with E-state index in [0.29, 0.717) is 11.4 Å². The third-order valence-corrected chi connectivity index (χ3v) is 6.45. The summed E-state index contributed by atoms with van der Waals surface area (Å²) in [5.74, 6) is 0. The van der Waals surface area contributed by atoms with Crippen LogP contribution in [0.25, 0.3) is 32.3 Å². The van der Waals surface area contributed by atoms with Crippen LogP contribution in [0.3, 0.4) is 0 Å². The van der Waals surface area contributed by atoms with Crippen molar-refractivity contribution in [1.82, 2.24) is 9.13 Å². The van der Waals surface area contributed by atoms with Crippen LogP contribution in [-0.2, 0) is 0 Å². The van der Waals surface area contributed by atoms with Gasteiger partial charge in [0.25, 0.3) is 0 Å². The molecule has 4 nitrogen and oxygen atoms in total. The number of aldehydes is 2. The van der Waals surface area contributed by atoms with E-state index in [2.05, 4.69) is 36.4 Å². The lowest BCUT2D eigenvalue weighted by Gasteiger charge is -2.07. The van der Waals surface area contributed by atoms with Gasteiger partial charge in [-0.2, -0.15) is 0 Å². The van der Waals surface area contributed by atoms with Crippen LogP contribution >= 0.6 is 11.3 Å². The molecule has 0 N–H and O–H groups in total. The summed E-state index contributed by atoms with van der Waals surface area (Å²) >= 11 is 1.74. The average Bonchev–Trinajstić information content (AvgIpc) is 3.59. The van der Waals surface area contributed by atoms with Gasteiger partial charge in [0.15, 0.2) is 12.6 Å². The predicted octanol–water partition coefficient (Wildman–Crippen LogP) is 6.29. The molecule has 5 rings (SSSR count). The number of rotatable bonds is 6. The van der Waals surface area contributed by atoms with Crippen molar-refractivity contribution in [2.24, 2.45) is 0 Å². The van der Waals surface area contributed by atoms with Crippen molar-refractivity contribution in [3.8, 4) is 32.3 Å². The summed E-state index contributed by atoms with van der Waals surface area (Å²) in [7, 11) is 0. The van der Waals surface area contributed by atoms with Gasteiger partial charge in [-0.25, -0.2) is 0 Å². The van der Waals surface area contributed by atoms with E-state index in [-0.39, 0.29) is 0 Å². The standard InChI is InChI=1S/C26H18N2O2S/c29-17-23-3-1-15-27(23)21-9-5-19(6-10-21)25-13-14-26(31-25)20-7-11-22(12-8-20)28-16-2-4-24(28)18-30/h1-18H. The van der Waals surface area contributed by atoms with Gasteiger partial charge in [0.05, 0.1) is 11.4 Å². The van der Waals surface area contributed by atoms with Crippen molar-refractivity contribution in [1.29, 1.82) is 0 Å². The minimum atomic E-state index is 0.634. The highest BCUT2D eigenvalue weighted by molar-refractivity contribution is 7.18. The average molecular weight is 423 g/mol. The summed E-state index contributed by atoms with van der Waals surface area (Å²) in [6.45, 7) is 0. The van der Waals surface area contributed by atoms with Gasteiger partial charge in [-0.05, 0) is 71.8 Å². The molecule has 0 bridgehead atoms. The Morgan fingerprint density at radius 2 is 0.968 bits per heavy atom. The summed E-state index contributed by atoms with van der Waals surface area (Å²) in [4.78, 5) is 24.7. The van der Waals surface area contributed by atoms with E-state index < -0.39 is 0 Å². The zero-order valence-electron chi connectivity index (χ0n) is 16.5. The van der Waals surface area contributed by atoms with Crippen molar-refractivity contribution in [2.45, 2.75) is 0 Å². The molecule has 5 heteroatoms. The smallest absolute Gasteiger partial charge is 0.166 e. The first-order valence-electron chi connectivity index (χ1n) is 9.83. The Morgan fingerprint density at radius 3 is 1.35 bits per heavy atom. The summed E-state index contributed by atoms with van der Waals surface area (Å²) in [6, 6.07) is 28.0. The molecule has 0 fully saturated rings. The number of nitrogens with zero attached hydrogens (tertiary/aromatic N) is 2. The molecule has 3 heterocycles. The highest BCUT2D eigenvalue weighted by Crippen LogP contribution is 2.35. The van der Waals surface area contributed by atoms with Crippen LogP contribution in [0.15, 0.2) is 97.3 Å². The molecule has 0 spiro atoms. The molecule has 0 amide bonds. The van der Waals surface area contributed by atoms with Crippen molar-refractivity contribution >= 4 is 23.9 Å². The zero-order chi connectivity index (χ0) is 21.2. The number of hydrogen-bond acceptors (Lipinski definition) is 3. The Morgan fingerprint density at radius 1 is 0.548 bits per heavy atom. The summed E-state index contributed by atoms with van der Waals surface area (Å²) in [5, 5.41) is 0. The molecule has 0 unspecified atom stereocenters. The van der Waals surface area contributed by atoms with Gasteiger partial charge in [0.1, 0.15) is 0 Å². The van der Waals surface area contributed by atoms with Gasteiger partial charge in [0.2, 0.25) is 0 Å². The van der Waals surface area contributed by atoms with E-state index in [0.717, 1.165) is 35.1 Å². The lowest BCUT2D eigenvalue weighted by molar-refractivity contribution is 0.111. The lowest BCUT2D eigenvalue weighted by Crippen LogP contribution is -1.96. The normalized spacial score (nSPS) is 10.8. The summed E-state index contributed by atoms with van der Waals surface area (Å²) in [6.07, 6.45) is 5.50. The first kappa shape index (κ1) is 19.0. The monoisotopic (exact) mass is 422 g/mol. The van der Waals surface area contributed by atoms with E-state index in [1.807, 2.05) is 57.9 Å². The zero-order valence-corrected chi connectivity index (χ0v) is 17.3. The second-order valence-electron chi connectivity index (χ2n) is 7.10. The molecule has 0 saturated heterocycles. The highest BCUT2D eigenvalue weighted by Gasteiger charge is 2.08.